The third kappa shape index (κ3) is 27.7. The van der Waals surface area contributed by atoms with E-state index in [1.807, 2.05) is 6.92 Å². The standard InChI is InChI=1S/C11H19NO6.C10H18N2O6.C7H15NO2/c1-2-3-4-5-8(11(17)18)12(6-9(13)14)7-10(15)16;11-4-2-1-3-7(10(17)18)12(5-8(13)14)6-9(15)16;1-2-3-4-5-6(8)7(9)10/h8H,2-7H2,1H3,(H,13,14)(H,15,16)(H,17,18);7H,1-6,11H2,(H,13,14)(H,15,16)(H,17,18);6H,2-5,8H2,1H3,(H,9,10). The van der Waals surface area contributed by atoms with Crippen molar-refractivity contribution >= 4 is 41.8 Å². The van der Waals surface area contributed by atoms with Crippen LogP contribution in [0.3, 0.4) is 0 Å². The van der Waals surface area contributed by atoms with E-state index in [4.69, 9.17) is 47.2 Å². The maximum Gasteiger partial charge on any atom is 0.320 e. The van der Waals surface area contributed by atoms with Gasteiger partial charge in [-0.3, -0.25) is 43.4 Å². The van der Waals surface area contributed by atoms with Crippen LogP contribution in [0.4, 0.5) is 0 Å². The largest absolute Gasteiger partial charge is 0.480 e. The lowest BCUT2D eigenvalue weighted by molar-refractivity contribution is -0.152. The third-order valence-electron chi connectivity index (χ3n) is 6.25. The fourth-order valence-electron chi connectivity index (χ4n) is 3.98. The number of unbranched alkanes of at least 4 members (excludes halogenated alkanes) is 5. The molecule has 0 bridgehead atoms. The zero-order valence-electron chi connectivity index (χ0n) is 26.6. The molecule has 11 N–H and O–H groups in total. The molecule has 0 aliphatic carbocycles. The number of carboxylic acid groups (broad SMARTS) is 7. The lowest BCUT2D eigenvalue weighted by atomic mass is 10.1. The summed E-state index contributed by atoms with van der Waals surface area (Å²) in [5, 5.41) is 61.1. The van der Waals surface area contributed by atoms with Crippen LogP contribution in [-0.2, 0) is 33.6 Å². The van der Waals surface area contributed by atoms with E-state index >= 15 is 0 Å². The average molecular weight is 669 g/mol. The van der Waals surface area contributed by atoms with Crippen LogP contribution in [0.1, 0.15) is 84.5 Å². The minimum absolute atomic E-state index is 0.174. The summed E-state index contributed by atoms with van der Waals surface area (Å²) < 4.78 is 0. The maximum absolute atomic E-state index is 11.1. The van der Waals surface area contributed by atoms with Crippen LogP contribution in [0.15, 0.2) is 0 Å². The first-order chi connectivity index (χ1) is 21.4. The summed E-state index contributed by atoms with van der Waals surface area (Å²) in [7, 11) is 0. The van der Waals surface area contributed by atoms with Gasteiger partial charge in [-0.05, 0) is 32.2 Å². The second-order valence-electron chi connectivity index (χ2n) is 10.3. The van der Waals surface area contributed by atoms with Crippen molar-refractivity contribution in [1.29, 1.82) is 0 Å². The van der Waals surface area contributed by atoms with Crippen molar-refractivity contribution in [2.24, 2.45) is 11.5 Å². The highest BCUT2D eigenvalue weighted by Gasteiger charge is 2.29. The molecular formula is C28H52N4O14. The van der Waals surface area contributed by atoms with Gasteiger partial charge in [0, 0.05) is 0 Å². The Bertz CT molecular complexity index is 842. The molecule has 46 heavy (non-hydrogen) atoms. The molecular weight excluding hydrogens is 616 g/mol. The molecule has 0 spiro atoms. The number of nitrogens with two attached hydrogens (primary N) is 2. The Morgan fingerprint density at radius 3 is 1.04 bits per heavy atom. The van der Waals surface area contributed by atoms with E-state index in [1.54, 1.807) is 0 Å². The van der Waals surface area contributed by atoms with E-state index in [-0.39, 0.29) is 12.8 Å². The lowest BCUT2D eigenvalue weighted by Gasteiger charge is -2.25. The smallest absolute Gasteiger partial charge is 0.320 e. The van der Waals surface area contributed by atoms with Crippen LogP contribution >= 0.6 is 0 Å². The topological polar surface area (TPSA) is 320 Å². The molecule has 0 fully saturated rings. The Balaban J connectivity index is -0.000000630. The molecule has 0 aromatic rings. The van der Waals surface area contributed by atoms with E-state index in [9.17, 15) is 33.6 Å². The highest BCUT2D eigenvalue weighted by molar-refractivity contribution is 5.79. The quantitative estimate of drug-likeness (QED) is 0.0598. The van der Waals surface area contributed by atoms with Crippen LogP contribution in [0, 0.1) is 0 Å². The maximum atomic E-state index is 11.1. The molecule has 18 nitrogen and oxygen atoms in total. The number of hydrogen-bond acceptors (Lipinski definition) is 11. The predicted octanol–water partition coefficient (Wildman–Crippen LogP) is 0.510. The van der Waals surface area contributed by atoms with E-state index in [0.717, 1.165) is 41.9 Å². The molecule has 0 saturated carbocycles. The Labute approximate surface area is 267 Å². The summed E-state index contributed by atoms with van der Waals surface area (Å²) in [6.45, 7) is 2.03. The first kappa shape index (κ1) is 46.5. The second kappa shape index (κ2) is 28.6. The normalized spacial score (nSPS) is 12.5. The van der Waals surface area contributed by atoms with Crippen molar-refractivity contribution in [1.82, 2.24) is 9.80 Å². The second-order valence-corrected chi connectivity index (χ2v) is 10.3. The van der Waals surface area contributed by atoms with Gasteiger partial charge in [0.2, 0.25) is 0 Å². The summed E-state index contributed by atoms with van der Waals surface area (Å²) in [4.78, 5) is 76.6. The molecule has 268 valence electrons. The molecule has 0 heterocycles. The molecule has 0 aliphatic heterocycles. The van der Waals surface area contributed by atoms with Crippen LogP contribution in [0.5, 0.6) is 0 Å². The van der Waals surface area contributed by atoms with Crippen LogP contribution in [-0.4, -0.2) is 138 Å². The molecule has 0 aliphatic rings. The van der Waals surface area contributed by atoms with Crippen molar-refractivity contribution < 1.29 is 69.3 Å². The number of rotatable bonds is 25. The van der Waals surface area contributed by atoms with Gasteiger partial charge >= 0.3 is 41.8 Å². The van der Waals surface area contributed by atoms with Crippen LogP contribution in [0.25, 0.3) is 0 Å². The molecule has 0 amide bonds. The van der Waals surface area contributed by atoms with Gasteiger partial charge in [0.25, 0.3) is 0 Å². The summed E-state index contributed by atoms with van der Waals surface area (Å²) in [6.07, 6.45) is 7.60. The Kier molecular flexibility index (Phi) is 28.9. The Hall–Kier alpha value is -3.87. The monoisotopic (exact) mass is 668 g/mol. The van der Waals surface area contributed by atoms with Crippen molar-refractivity contribution in [2.45, 2.75) is 103 Å². The summed E-state index contributed by atoms with van der Waals surface area (Å²) in [5.74, 6) is -8.31. The van der Waals surface area contributed by atoms with Crippen LogP contribution in [0.2, 0.25) is 0 Å². The number of nitrogens with zero attached hydrogens (tertiary/aromatic N) is 2. The third-order valence-corrected chi connectivity index (χ3v) is 6.25. The van der Waals surface area contributed by atoms with E-state index < -0.39 is 86.1 Å². The van der Waals surface area contributed by atoms with Gasteiger partial charge in [-0.1, -0.05) is 58.8 Å². The number of hydrogen-bond donors (Lipinski definition) is 9. The number of carbonyl (C=O) groups is 7. The van der Waals surface area contributed by atoms with Gasteiger partial charge in [-0.25, -0.2) is 0 Å². The SMILES string of the molecule is CCCCCC(C(=O)O)N(CC(=O)O)CC(=O)O.CCCCCC(N)C(=O)O.NCCCCC(C(=O)O)N(CC(=O)O)CC(=O)O. The van der Waals surface area contributed by atoms with Crippen molar-refractivity contribution in [3.8, 4) is 0 Å². The van der Waals surface area contributed by atoms with Crippen LogP contribution < -0.4 is 11.5 Å². The summed E-state index contributed by atoms with van der Waals surface area (Å²) >= 11 is 0. The van der Waals surface area contributed by atoms with Gasteiger partial charge in [0.15, 0.2) is 0 Å². The van der Waals surface area contributed by atoms with E-state index in [2.05, 4.69) is 6.92 Å². The van der Waals surface area contributed by atoms with Gasteiger partial charge < -0.3 is 47.2 Å². The fraction of sp³-hybridized carbons (Fsp3) is 0.750. The van der Waals surface area contributed by atoms with Crippen molar-refractivity contribution in [3.05, 3.63) is 0 Å². The van der Waals surface area contributed by atoms with Crippen molar-refractivity contribution in [3.63, 3.8) is 0 Å². The first-order valence-corrected chi connectivity index (χ1v) is 14.9. The molecule has 18 heteroatoms. The summed E-state index contributed by atoms with van der Waals surface area (Å²) in [6, 6.07) is -2.85. The summed E-state index contributed by atoms with van der Waals surface area (Å²) in [5.41, 5.74) is 10.5. The van der Waals surface area contributed by atoms with E-state index in [1.165, 1.54) is 0 Å². The van der Waals surface area contributed by atoms with Crippen molar-refractivity contribution in [2.75, 3.05) is 32.7 Å². The molecule has 0 aromatic carbocycles. The van der Waals surface area contributed by atoms with Gasteiger partial charge in [-0.2, -0.15) is 0 Å². The molecule has 0 radical (unpaired) electrons. The average Bonchev–Trinajstić information content (AvgIpc) is 2.92. The fourth-order valence-corrected chi connectivity index (χ4v) is 3.98. The minimum Gasteiger partial charge on any atom is -0.480 e. The van der Waals surface area contributed by atoms with Gasteiger partial charge in [0.05, 0.1) is 26.2 Å². The molecule has 3 atom stereocenters. The zero-order valence-corrected chi connectivity index (χ0v) is 26.6. The minimum atomic E-state index is -1.26. The zero-order chi connectivity index (χ0) is 36.2. The highest BCUT2D eigenvalue weighted by Crippen LogP contribution is 2.11. The lowest BCUT2D eigenvalue weighted by Crippen LogP contribution is -2.46. The number of carboxylic acids is 7. The first-order valence-electron chi connectivity index (χ1n) is 14.9. The molecule has 0 rings (SSSR count). The molecule has 3 unspecified atom stereocenters. The Morgan fingerprint density at radius 1 is 0.500 bits per heavy atom. The highest BCUT2D eigenvalue weighted by atomic mass is 16.4. The van der Waals surface area contributed by atoms with Gasteiger partial charge in [-0.15, -0.1) is 0 Å². The van der Waals surface area contributed by atoms with Gasteiger partial charge in [0.1, 0.15) is 18.1 Å². The van der Waals surface area contributed by atoms with E-state index in [0.29, 0.717) is 32.2 Å². The number of aliphatic carboxylic acids is 7. The predicted molar refractivity (Wildman–Crippen MR) is 163 cm³/mol. The Morgan fingerprint density at radius 2 is 0.804 bits per heavy atom. The molecule has 0 saturated heterocycles. The molecule has 0 aromatic heterocycles.